The van der Waals surface area contributed by atoms with Gasteiger partial charge in [0.15, 0.2) is 11.5 Å². The molecule has 0 radical (unpaired) electrons. The van der Waals surface area contributed by atoms with Gasteiger partial charge in [-0.2, -0.15) is 0 Å². The summed E-state index contributed by atoms with van der Waals surface area (Å²) in [4.78, 5) is 32.4. The van der Waals surface area contributed by atoms with Crippen molar-refractivity contribution in [3.8, 4) is 0 Å². The number of carbonyl (C=O) groups excluding carboxylic acids is 1. The molecule has 0 atom stereocenters. The molecular formula is C16H27Cl2N7O. The van der Waals surface area contributed by atoms with Gasteiger partial charge >= 0.3 is 0 Å². The number of aromatic amines is 1. The third-order valence-corrected chi connectivity index (χ3v) is 4.47. The first-order valence-corrected chi connectivity index (χ1v) is 8.56. The van der Waals surface area contributed by atoms with Crippen molar-refractivity contribution in [3.05, 3.63) is 12.7 Å². The molecule has 0 bridgehead atoms. The quantitative estimate of drug-likeness (QED) is 0.761. The number of carbonyl (C=O) groups is 1. The lowest BCUT2D eigenvalue weighted by atomic mass is 10.0. The summed E-state index contributed by atoms with van der Waals surface area (Å²) in [5, 5.41) is 3.36. The van der Waals surface area contributed by atoms with Gasteiger partial charge in [0.1, 0.15) is 11.8 Å². The number of nitrogens with zero attached hydrogens (tertiary/aromatic N) is 5. The smallest absolute Gasteiger partial charge is 0.242 e. The van der Waals surface area contributed by atoms with Crippen LogP contribution in [0.15, 0.2) is 12.7 Å². The van der Waals surface area contributed by atoms with E-state index >= 15 is 0 Å². The molecule has 146 valence electrons. The molecule has 1 amide bonds. The van der Waals surface area contributed by atoms with Crippen LogP contribution in [0.5, 0.6) is 0 Å². The van der Waals surface area contributed by atoms with E-state index in [1.54, 1.807) is 6.33 Å². The zero-order valence-electron chi connectivity index (χ0n) is 15.1. The maximum absolute atomic E-state index is 12.9. The van der Waals surface area contributed by atoms with E-state index in [0.717, 1.165) is 44.4 Å². The molecule has 0 spiro atoms. The average Bonchev–Trinajstić information content (AvgIpc) is 3.08. The lowest BCUT2D eigenvalue weighted by Gasteiger charge is -2.35. The Morgan fingerprint density at radius 3 is 2.65 bits per heavy atom. The molecule has 0 aliphatic carbocycles. The van der Waals surface area contributed by atoms with Crippen LogP contribution >= 0.6 is 24.8 Å². The summed E-state index contributed by atoms with van der Waals surface area (Å²) in [6.07, 6.45) is 6.09. The zero-order chi connectivity index (χ0) is 16.9. The Morgan fingerprint density at radius 1 is 1.23 bits per heavy atom. The largest absolute Gasteiger partial charge is 0.348 e. The molecule has 1 fully saturated rings. The fraction of sp³-hybridized carbons (Fsp3) is 0.625. The van der Waals surface area contributed by atoms with Crippen LogP contribution in [0.4, 0.5) is 5.82 Å². The standard InChI is InChI=1S/C16H25N7O.2ClH/c1-3-8-23(12-4-6-17-7-5-12)13(24)9-22(2)16-14-15(19-10-18-14)20-11-21-16;;/h10-12,17H,3-9H2,1-2H3,(H,18,19,20,21);2*1H. The number of anilines is 1. The van der Waals surface area contributed by atoms with Gasteiger partial charge in [0.05, 0.1) is 12.9 Å². The molecule has 3 rings (SSSR count). The fourth-order valence-electron chi connectivity index (χ4n) is 3.28. The van der Waals surface area contributed by atoms with E-state index in [4.69, 9.17) is 0 Å². The van der Waals surface area contributed by atoms with Crippen molar-refractivity contribution in [2.75, 3.05) is 38.1 Å². The second kappa shape index (κ2) is 10.5. The predicted molar refractivity (Wildman–Crippen MR) is 107 cm³/mol. The Kier molecular flexibility index (Phi) is 9.04. The molecular weight excluding hydrogens is 377 g/mol. The number of halogens is 2. The van der Waals surface area contributed by atoms with Crippen LogP contribution in [0.3, 0.4) is 0 Å². The number of fused-ring (bicyclic) bond motifs is 1. The fourth-order valence-corrected chi connectivity index (χ4v) is 3.28. The van der Waals surface area contributed by atoms with Gasteiger partial charge < -0.3 is 20.1 Å². The van der Waals surface area contributed by atoms with E-state index in [1.807, 2.05) is 16.8 Å². The lowest BCUT2D eigenvalue weighted by Crippen LogP contribution is -2.49. The molecule has 0 saturated carbocycles. The Labute approximate surface area is 166 Å². The van der Waals surface area contributed by atoms with Gasteiger partial charge in [0, 0.05) is 19.6 Å². The minimum absolute atomic E-state index is 0. The molecule has 0 unspecified atom stereocenters. The summed E-state index contributed by atoms with van der Waals surface area (Å²) in [6, 6.07) is 0.338. The second-order valence-corrected chi connectivity index (χ2v) is 6.22. The normalized spacial score (nSPS) is 14.4. The highest BCUT2D eigenvalue weighted by molar-refractivity contribution is 5.87. The van der Waals surface area contributed by atoms with Crippen LogP contribution in [0.1, 0.15) is 26.2 Å². The Bertz CT molecular complexity index is 690. The number of piperidine rings is 1. The first-order chi connectivity index (χ1) is 11.7. The Morgan fingerprint density at radius 2 is 1.96 bits per heavy atom. The first-order valence-electron chi connectivity index (χ1n) is 8.56. The number of aromatic nitrogens is 4. The van der Waals surface area contributed by atoms with Crippen LogP contribution in [-0.4, -0.2) is 70.0 Å². The van der Waals surface area contributed by atoms with Gasteiger partial charge in [0.2, 0.25) is 5.91 Å². The number of imidazole rings is 1. The maximum Gasteiger partial charge on any atom is 0.242 e. The van der Waals surface area contributed by atoms with Crippen molar-refractivity contribution in [2.45, 2.75) is 32.2 Å². The lowest BCUT2D eigenvalue weighted by molar-refractivity contribution is -0.132. The number of likely N-dealkylation sites (N-methyl/N-ethyl adjacent to an activating group) is 1. The molecule has 3 heterocycles. The van der Waals surface area contributed by atoms with E-state index in [-0.39, 0.29) is 30.7 Å². The SMILES string of the molecule is CCCN(C(=O)CN(C)c1ncnc2nc[nH]c12)C1CCNCC1.Cl.Cl. The summed E-state index contributed by atoms with van der Waals surface area (Å²) in [5.74, 6) is 0.852. The zero-order valence-corrected chi connectivity index (χ0v) is 16.8. The van der Waals surface area contributed by atoms with Crippen LogP contribution in [0.25, 0.3) is 11.2 Å². The van der Waals surface area contributed by atoms with Crippen molar-refractivity contribution in [2.24, 2.45) is 0 Å². The second-order valence-electron chi connectivity index (χ2n) is 6.22. The van der Waals surface area contributed by atoms with Crippen molar-refractivity contribution in [1.82, 2.24) is 30.2 Å². The van der Waals surface area contributed by atoms with Gasteiger partial charge in [-0.15, -0.1) is 24.8 Å². The number of H-pyrrole nitrogens is 1. The molecule has 10 heteroatoms. The van der Waals surface area contributed by atoms with Gasteiger partial charge in [0.25, 0.3) is 0 Å². The minimum atomic E-state index is 0. The van der Waals surface area contributed by atoms with E-state index in [1.165, 1.54) is 6.33 Å². The predicted octanol–water partition coefficient (Wildman–Crippen LogP) is 1.62. The molecule has 2 aromatic heterocycles. The van der Waals surface area contributed by atoms with Crippen LogP contribution < -0.4 is 10.2 Å². The first kappa shape index (κ1) is 22.4. The molecule has 1 saturated heterocycles. The van der Waals surface area contributed by atoms with Crippen molar-refractivity contribution in [1.29, 1.82) is 0 Å². The van der Waals surface area contributed by atoms with Gasteiger partial charge in [-0.3, -0.25) is 4.79 Å². The summed E-state index contributed by atoms with van der Waals surface area (Å²) >= 11 is 0. The van der Waals surface area contributed by atoms with E-state index in [2.05, 4.69) is 32.2 Å². The van der Waals surface area contributed by atoms with Crippen LogP contribution in [0.2, 0.25) is 0 Å². The molecule has 2 aromatic rings. The van der Waals surface area contributed by atoms with E-state index in [9.17, 15) is 4.79 Å². The van der Waals surface area contributed by atoms with Crippen LogP contribution in [-0.2, 0) is 4.79 Å². The summed E-state index contributed by atoms with van der Waals surface area (Å²) < 4.78 is 0. The van der Waals surface area contributed by atoms with Gasteiger partial charge in [-0.25, -0.2) is 15.0 Å². The number of nitrogens with one attached hydrogen (secondary N) is 2. The Balaban J connectivity index is 0.00000169. The third-order valence-electron chi connectivity index (χ3n) is 4.47. The molecule has 8 nitrogen and oxygen atoms in total. The minimum Gasteiger partial charge on any atom is -0.348 e. The van der Waals surface area contributed by atoms with E-state index < -0.39 is 0 Å². The van der Waals surface area contributed by atoms with E-state index in [0.29, 0.717) is 24.1 Å². The van der Waals surface area contributed by atoms with Gasteiger partial charge in [-0.1, -0.05) is 6.92 Å². The summed E-state index contributed by atoms with van der Waals surface area (Å²) in [5.41, 5.74) is 1.37. The number of rotatable bonds is 6. The van der Waals surface area contributed by atoms with Crippen molar-refractivity contribution >= 4 is 47.7 Å². The van der Waals surface area contributed by atoms with Crippen molar-refractivity contribution < 1.29 is 4.79 Å². The molecule has 1 aliphatic heterocycles. The van der Waals surface area contributed by atoms with Crippen LogP contribution in [0, 0.1) is 0 Å². The average molecular weight is 404 g/mol. The highest BCUT2D eigenvalue weighted by Gasteiger charge is 2.26. The maximum atomic E-state index is 12.9. The highest BCUT2D eigenvalue weighted by atomic mass is 35.5. The number of hydrogen-bond acceptors (Lipinski definition) is 6. The number of amides is 1. The Hall–Kier alpha value is -1.64. The molecule has 26 heavy (non-hydrogen) atoms. The number of hydrogen-bond donors (Lipinski definition) is 2. The summed E-state index contributed by atoms with van der Waals surface area (Å²) in [7, 11) is 1.88. The third kappa shape index (κ3) is 4.96. The van der Waals surface area contributed by atoms with Crippen molar-refractivity contribution in [3.63, 3.8) is 0 Å². The summed E-state index contributed by atoms with van der Waals surface area (Å²) in [6.45, 7) is 5.18. The monoisotopic (exact) mass is 403 g/mol. The topological polar surface area (TPSA) is 90.0 Å². The molecule has 1 aliphatic rings. The molecule has 0 aromatic carbocycles. The van der Waals surface area contributed by atoms with Gasteiger partial charge in [-0.05, 0) is 32.4 Å². The molecule has 2 N–H and O–H groups in total. The highest BCUT2D eigenvalue weighted by Crippen LogP contribution is 2.19.